The molecule has 0 aliphatic carbocycles. The zero-order valence-electron chi connectivity index (χ0n) is 9.54. The summed E-state index contributed by atoms with van der Waals surface area (Å²) in [7, 11) is 0. The Balaban J connectivity index is 1.85. The molecule has 2 aliphatic heterocycles. The molecule has 5 heteroatoms. The van der Waals surface area contributed by atoms with Crippen molar-refractivity contribution in [2.24, 2.45) is 0 Å². The predicted octanol–water partition coefficient (Wildman–Crippen LogP) is 1.06. The van der Waals surface area contributed by atoms with Crippen LogP contribution in [0.5, 0.6) is 0 Å². The van der Waals surface area contributed by atoms with Gasteiger partial charge in [-0.3, -0.25) is 9.58 Å². The van der Waals surface area contributed by atoms with Crippen molar-refractivity contribution in [2.75, 3.05) is 26.2 Å². The third kappa shape index (κ3) is 1.56. The number of fused-ring (bicyclic) bond motifs is 1. The Hall–Kier alpha value is -0.580. The summed E-state index contributed by atoms with van der Waals surface area (Å²) >= 11 is 6.18. The zero-order valence-corrected chi connectivity index (χ0v) is 10.3. The SMILES string of the molecule is CCN1CC(n2nc(Cl)c3c2CNCC3)C1. The van der Waals surface area contributed by atoms with Crippen molar-refractivity contribution in [2.45, 2.75) is 25.9 Å². The topological polar surface area (TPSA) is 33.1 Å². The molecule has 0 saturated carbocycles. The zero-order chi connectivity index (χ0) is 11.1. The minimum atomic E-state index is 0.529. The molecule has 0 atom stereocenters. The Morgan fingerprint density at radius 1 is 1.50 bits per heavy atom. The van der Waals surface area contributed by atoms with Crippen molar-refractivity contribution in [3.63, 3.8) is 0 Å². The van der Waals surface area contributed by atoms with Crippen molar-refractivity contribution in [1.29, 1.82) is 0 Å². The molecule has 0 aromatic carbocycles. The number of rotatable bonds is 2. The molecule has 4 nitrogen and oxygen atoms in total. The normalized spacial score (nSPS) is 21.9. The first-order chi connectivity index (χ1) is 7.79. The molecule has 1 saturated heterocycles. The van der Waals surface area contributed by atoms with Gasteiger partial charge in [0.05, 0.1) is 11.7 Å². The van der Waals surface area contributed by atoms with Gasteiger partial charge in [0.1, 0.15) is 0 Å². The van der Waals surface area contributed by atoms with Gasteiger partial charge in [0.15, 0.2) is 5.15 Å². The van der Waals surface area contributed by atoms with Crippen molar-refractivity contribution in [3.05, 3.63) is 16.4 Å². The average Bonchev–Trinajstić information content (AvgIpc) is 2.56. The number of hydrogen-bond donors (Lipinski definition) is 1. The molecule has 16 heavy (non-hydrogen) atoms. The lowest BCUT2D eigenvalue weighted by Gasteiger charge is -2.39. The number of nitrogens with zero attached hydrogens (tertiary/aromatic N) is 3. The smallest absolute Gasteiger partial charge is 0.154 e. The van der Waals surface area contributed by atoms with Crippen LogP contribution in [0.15, 0.2) is 0 Å². The maximum Gasteiger partial charge on any atom is 0.154 e. The molecule has 0 amide bonds. The van der Waals surface area contributed by atoms with Gasteiger partial charge >= 0.3 is 0 Å². The molecular weight excluding hydrogens is 224 g/mol. The molecule has 0 spiro atoms. The summed E-state index contributed by atoms with van der Waals surface area (Å²) in [5.74, 6) is 0. The molecule has 1 N–H and O–H groups in total. The fraction of sp³-hybridized carbons (Fsp3) is 0.727. The molecule has 1 aromatic rings. The van der Waals surface area contributed by atoms with E-state index in [1.54, 1.807) is 0 Å². The van der Waals surface area contributed by atoms with Crippen LogP contribution in [0.2, 0.25) is 5.15 Å². The van der Waals surface area contributed by atoms with Crippen molar-refractivity contribution in [3.8, 4) is 0 Å². The van der Waals surface area contributed by atoms with Gasteiger partial charge in [-0.25, -0.2) is 0 Å². The number of nitrogens with one attached hydrogen (secondary N) is 1. The lowest BCUT2D eigenvalue weighted by Crippen LogP contribution is -2.48. The van der Waals surface area contributed by atoms with E-state index in [2.05, 4.69) is 26.9 Å². The van der Waals surface area contributed by atoms with Gasteiger partial charge in [-0.15, -0.1) is 0 Å². The molecule has 0 bridgehead atoms. The van der Waals surface area contributed by atoms with Crippen LogP contribution in [0.4, 0.5) is 0 Å². The highest BCUT2D eigenvalue weighted by Gasteiger charge is 2.31. The standard InChI is InChI=1S/C11H17ClN4/c1-2-15-6-8(7-15)16-10-5-13-4-3-9(10)11(12)14-16/h8,13H,2-7H2,1H3. The molecular formula is C11H17ClN4. The quantitative estimate of drug-likeness (QED) is 0.839. The highest BCUT2D eigenvalue weighted by atomic mass is 35.5. The minimum absolute atomic E-state index is 0.529. The monoisotopic (exact) mass is 240 g/mol. The third-order valence-electron chi connectivity index (χ3n) is 3.64. The average molecular weight is 241 g/mol. The Labute approximate surface area is 101 Å². The van der Waals surface area contributed by atoms with Crippen LogP contribution < -0.4 is 5.32 Å². The second kappa shape index (κ2) is 4.02. The molecule has 3 rings (SSSR count). The summed E-state index contributed by atoms with van der Waals surface area (Å²) in [4.78, 5) is 2.42. The maximum absolute atomic E-state index is 6.18. The summed E-state index contributed by atoms with van der Waals surface area (Å²) in [6, 6.07) is 0.529. The van der Waals surface area contributed by atoms with E-state index < -0.39 is 0 Å². The van der Waals surface area contributed by atoms with Gasteiger partial charge in [0, 0.05) is 25.2 Å². The van der Waals surface area contributed by atoms with E-state index in [-0.39, 0.29) is 0 Å². The highest BCUT2D eigenvalue weighted by Crippen LogP contribution is 2.28. The second-order valence-corrected chi connectivity index (χ2v) is 4.95. The van der Waals surface area contributed by atoms with Gasteiger partial charge in [-0.05, 0) is 19.5 Å². The van der Waals surface area contributed by atoms with E-state index in [1.165, 1.54) is 11.3 Å². The Morgan fingerprint density at radius 3 is 3.06 bits per heavy atom. The third-order valence-corrected chi connectivity index (χ3v) is 3.95. The van der Waals surface area contributed by atoms with Crippen LogP contribution in [-0.4, -0.2) is 40.9 Å². The van der Waals surface area contributed by atoms with Gasteiger partial charge in [0.2, 0.25) is 0 Å². The van der Waals surface area contributed by atoms with E-state index in [0.29, 0.717) is 11.2 Å². The molecule has 1 fully saturated rings. The molecule has 2 aliphatic rings. The molecule has 3 heterocycles. The Kier molecular flexibility index (Phi) is 2.65. The van der Waals surface area contributed by atoms with Crippen LogP contribution in [0.3, 0.4) is 0 Å². The van der Waals surface area contributed by atoms with E-state index in [9.17, 15) is 0 Å². The Morgan fingerprint density at radius 2 is 2.31 bits per heavy atom. The van der Waals surface area contributed by atoms with Crippen molar-refractivity contribution < 1.29 is 0 Å². The van der Waals surface area contributed by atoms with Gasteiger partial charge in [0.25, 0.3) is 0 Å². The second-order valence-electron chi connectivity index (χ2n) is 4.59. The van der Waals surface area contributed by atoms with Crippen molar-refractivity contribution >= 4 is 11.6 Å². The lowest BCUT2D eigenvalue weighted by atomic mass is 10.1. The number of hydrogen-bond acceptors (Lipinski definition) is 3. The van der Waals surface area contributed by atoms with Crippen LogP contribution in [-0.2, 0) is 13.0 Å². The van der Waals surface area contributed by atoms with E-state index >= 15 is 0 Å². The lowest BCUT2D eigenvalue weighted by molar-refractivity contribution is 0.103. The van der Waals surface area contributed by atoms with E-state index in [0.717, 1.165) is 39.1 Å². The van der Waals surface area contributed by atoms with Crippen molar-refractivity contribution in [1.82, 2.24) is 20.0 Å². The van der Waals surface area contributed by atoms with E-state index in [1.807, 2.05) is 0 Å². The van der Waals surface area contributed by atoms with E-state index in [4.69, 9.17) is 11.6 Å². The van der Waals surface area contributed by atoms with Gasteiger partial charge in [-0.2, -0.15) is 5.10 Å². The van der Waals surface area contributed by atoms with Gasteiger partial charge in [-0.1, -0.05) is 18.5 Å². The summed E-state index contributed by atoms with van der Waals surface area (Å²) < 4.78 is 2.15. The van der Waals surface area contributed by atoms with Crippen LogP contribution in [0, 0.1) is 0 Å². The minimum Gasteiger partial charge on any atom is -0.311 e. The van der Waals surface area contributed by atoms with Gasteiger partial charge < -0.3 is 5.32 Å². The van der Waals surface area contributed by atoms with Crippen LogP contribution >= 0.6 is 11.6 Å². The summed E-state index contributed by atoms with van der Waals surface area (Å²) in [5.41, 5.74) is 2.56. The molecule has 0 radical (unpaired) electrons. The first kappa shape index (κ1) is 10.6. The molecule has 0 unspecified atom stereocenters. The summed E-state index contributed by atoms with van der Waals surface area (Å²) in [6.45, 7) is 7.49. The first-order valence-corrected chi connectivity index (χ1v) is 6.36. The fourth-order valence-corrected chi connectivity index (χ4v) is 2.87. The van der Waals surface area contributed by atoms with Crippen LogP contribution in [0.1, 0.15) is 24.2 Å². The number of aromatic nitrogens is 2. The Bertz CT molecular complexity index is 395. The fourth-order valence-electron chi connectivity index (χ4n) is 2.59. The summed E-state index contributed by atoms with van der Waals surface area (Å²) in [6.07, 6.45) is 1.01. The van der Waals surface area contributed by atoms with Crippen LogP contribution in [0.25, 0.3) is 0 Å². The summed E-state index contributed by atoms with van der Waals surface area (Å²) in [5, 5.41) is 8.60. The number of halogens is 1. The maximum atomic E-state index is 6.18. The number of likely N-dealkylation sites (tertiary alicyclic amines) is 1. The highest BCUT2D eigenvalue weighted by molar-refractivity contribution is 6.30. The molecule has 1 aromatic heterocycles. The number of likely N-dealkylation sites (N-methyl/N-ethyl adjacent to an activating group) is 1. The first-order valence-electron chi connectivity index (χ1n) is 5.98. The predicted molar refractivity (Wildman–Crippen MR) is 63.8 cm³/mol. The molecule has 88 valence electrons. The largest absolute Gasteiger partial charge is 0.311 e.